The van der Waals surface area contributed by atoms with E-state index in [1.54, 1.807) is 7.11 Å². The monoisotopic (exact) mass is 231 g/mol. The smallest absolute Gasteiger partial charge is 0.163 e. The molecule has 0 aliphatic carbocycles. The summed E-state index contributed by atoms with van der Waals surface area (Å²) in [4.78, 5) is 0. The van der Waals surface area contributed by atoms with Crippen molar-refractivity contribution in [3.8, 4) is 11.4 Å². The van der Waals surface area contributed by atoms with Gasteiger partial charge in [0, 0.05) is 6.42 Å². The van der Waals surface area contributed by atoms with Gasteiger partial charge in [-0.2, -0.15) is 5.10 Å². The van der Waals surface area contributed by atoms with Crippen molar-refractivity contribution in [2.75, 3.05) is 13.7 Å². The molecule has 0 radical (unpaired) electrons. The van der Waals surface area contributed by atoms with Crippen molar-refractivity contribution in [1.82, 2.24) is 9.78 Å². The van der Waals surface area contributed by atoms with E-state index >= 15 is 0 Å². The van der Waals surface area contributed by atoms with E-state index in [2.05, 4.69) is 5.10 Å². The number of nitrogens with two attached hydrogens (primary N) is 1. The summed E-state index contributed by atoms with van der Waals surface area (Å²) in [5.41, 5.74) is 8.59. The van der Waals surface area contributed by atoms with Crippen LogP contribution in [-0.2, 0) is 6.42 Å². The summed E-state index contributed by atoms with van der Waals surface area (Å²) in [5.74, 6) is 0.833. The van der Waals surface area contributed by atoms with Crippen LogP contribution in [0.4, 0.5) is 0 Å². The van der Waals surface area contributed by atoms with Gasteiger partial charge in [0.05, 0.1) is 18.5 Å². The molecule has 2 rings (SSSR count). The SMILES string of the molecule is COc1c(C)nn(-c2ccccc2)c1CCN. The fourth-order valence-electron chi connectivity index (χ4n) is 1.97. The molecule has 1 aromatic heterocycles. The van der Waals surface area contributed by atoms with Gasteiger partial charge in [0.25, 0.3) is 0 Å². The van der Waals surface area contributed by atoms with Crippen LogP contribution in [0.3, 0.4) is 0 Å². The zero-order chi connectivity index (χ0) is 12.3. The molecule has 0 bridgehead atoms. The summed E-state index contributed by atoms with van der Waals surface area (Å²) in [5, 5.41) is 4.51. The van der Waals surface area contributed by atoms with Crippen molar-refractivity contribution in [3.05, 3.63) is 41.7 Å². The van der Waals surface area contributed by atoms with E-state index in [1.165, 1.54) is 0 Å². The van der Waals surface area contributed by atoms with E-state index in [9.17, 15) is 0 Å². The van der Waals surface area contributed by atoms with Gasteiger partial charge >= 0.3 is 0 Å². The average Bonchev–Trinajstić information content (AvgIpc) is 2.67. The lowest BCUT2D eigenvalue weighted by Crippen LogP contribution is -2.09. The molecule has 4 nitrogen and oxygen atoms in total. The van der Waals surface area contributed by atoms with Gasteiger partial charge in [0.15, 0.2) is 5.75 Å². The van der Waals surface area contributed by atoms with Gasteiger partial charge in [-0.25, -0.2) is 4.68 Å². The highest BCUT2D eigenvalue weighted by Crippen LogP contribution is 2.25. The Morgan fingerprint density at radius 2 is 2.00 bits per heavy atom. The Kier molecular flexibility index (Phi) is 3.44. The predicted octanol–water partition coefficient (Wildman–Crippen LogP) is 1.69. The summed E-state index contributed by atoms with van der Waals surface area (Å²) < 4.78 is 7.30. The molecular formula is C13H17N3O. The minimum atomic E-state index is 0.578. The fraction of sp³-hybridized carbons (Fsp3) is 0.308. The summed E-state index contributed by atoms with van der Waals surface area (Å²) in [6.07, 6.45) is 0.749. The molecule has 4 heteroatoms. The summed E-state index contributed by atoms with van der Waals surface area (Å²) in [7, 11) is 1.67. The van der Waals surface area contributed by atoms with Crippen molar-refractivity contribution >= 4 is 0 Å². The molecule has 0 saturated carbocycles. The van der Waals surface area contributed by atoms with Crippen molar-refractivity contribution in [2.24, 2.45) is 5.73 Å². The van der Waals surface area contributed by atoms with Gasteiger partial charge in [-0.3, -0.25) is 0 Å². The van der Waals surface area contributed by atoms with Crippen molar-refractivity contribution in [2.45, 2.75) is 13.3 Å². The molecular weight excluding hydrogens is 214 g/mol. The lowest BCUT2D eigenvalue weighted by atomic mass is 10.2. The van der Waals surface area contributed by atoms with E-state index < -0.39 is 0 Å². The molecule has 0 aliphatic heterocycles. The van der Waals surface area contributed by atoms with Crippen LogP contribution in [0.25, 0.3) is 5.69 Å². The number of hydrogen-bond acceptors (Lipinski definition) is 3. The third kappa shape index (κ3) is 2.17. The first kappa shape index (κ1) is 11.7. The van der Waals surface area contributed by atoms with Crippen LogP contribution < -0.4 is 10.5 Å². The first-order valence-electron chi connectivity index (χ1n) is 5.66. The van der Waals surface area contributed by atoms with Crippen LogP contribution in [0.5, 0.6) is 5.75 Å². The number of hydrogen-bond donors (Lipinski definition) is 1. The van der Waals surface area contributed by atoms with Gasteiger partial charge in [-0.05, 0) is 25.6 Å². The maximum atomic E-state index is 5.64. The Morgan fingerprint density at radius 3 is 2.59 bits per heavy atom. The molecule has 2 N–H and O–H groups in total. The lowest BCUT2D eigenvalue weighted by molar-refractivity contribution is 0.406. The summed E-state index contributed by atoms with van der Waals surface area (Å²) in [6.45, 7) is 2.52. The maximum Gasteiger partial charge on any atom is 0.163 e. The molecule has 90 valence electrons. The number of methoxy groups -OCH3 is 1. The number of rotatable bonds is 4. The second kappa shape index (κ2) is 5.01. The second-order valence-corrected chi connectivity index (χ2v) is 3.85. The van der Waals surface area contributed by atoms with Gasteiger partial charge in [0.2, 0.25) is 0 Å². The molecule has 0 unspecified atom stereocenters. The number of benzene rings is 1. The Labute approximate surface area is 101 Å². The van der Waals surface area contributed by atoms with E-state index in [4.69, 9.17) is 10.5 Å². The van der Waals surface area contributed by atoms with Crippen LogP contribution in [0.1, 0.15) is 11.4 Å². The minimum absolute atomic E-state index is 0.578. The zero-order valence-corrected chi connectivity index (χ0v) is 10.2. The normalized spacial score (nSPS) is 10.5. The molecule has 1 aromatic carbocycles. The molecule has 0 spiro atoms. The molecule has 17 heavy (non-hydrogen) atoms. The molecule has 0 aliphatic rings. The number of aromatic nitrogens is 2. The average molecular weight is 231 g/mol. The number of para-hydroxylation sites is 1. The topological polar surface area (TPSA) is 53.1 Å². The molecule has 0 atom stereocenters. The third-order valence-electron chi connectivity index (χ3n) is 2.68. The molecule has 0 saturated heterocycles. The maximum absolute atomic E-state index is 5.64. The van der Waals surface area contributed by atoms with Gasteiger partial charge in [-0.15, -0.1) is 0 Å². The first-order chi connectivity index (χ1) is 8.27. The highest BCUT2D eigenvalue weighted by molar-refractivity contribution is 5.41. The van der Waals surface area contributed by atoms with Crippen molar-refractivity contribution < 1.29 is 4.74 Å². The van der Waals surface area contributed by atoms with E-state index in [0.717, 1.165) is 29.2 Å². The second-order valence-electron chi connectivity index (χ2n) is 3.85. The Hall–Kier alpha value is -1.81. The number of aryl methyl sites for hydroxylation is 1. The molecule has 0 fully saturated rings. The van der Waals surface area contributed by atoms with Gasteiger partial charge in [0.1, 0.15) is 5.69 Å². The highest BCUT2D eigenvalue weighted by atomic mass is 16.5. The van der Waals surface area contributed by atoms with E-state index in [0.29, 0.717) is 6.54 Å². The summed E-state index contributed by atoms with van der Waals surface area (Å²) >= 11 is 0. The largest absolute Gasteiger partial charge is 0.493 e. The van der Waals surface area contributed by atoms with Crippen LogP contribution in [0, 0.1) is 6.92 Å². The van der Waals surface area contributed by atoms with Crippen LogP contribution in [0.2, 0.25) is 0 Å². The molecule has 2 aromatic rings. The molecule has 0 amide bonds. The number of nitrogens with zero attached hydrogens (tertiary/aromatic N) is 2. The Balaban J connectivity index is 2.54. The van der Waals surface area contributed by atoms with Crippen molar-refractivity contribution in [3.63, 3.8) is 0 Å². The molecule has 1 heterocycles. The van der Waals surface area contributed by atoms with Crippen LogP contribution in [0.15, 0.2) is 30.3 Å². The fourth-order valence-corrected chi connectivity index (χ4v) is 1.97. The Bertz CT molecular complexity index is 491. The van der Waals surface area contributed by atoms with Gasteiger partial charge < -0.3 is 10.5 Å². The van der Waals surface area contributed by atoms with Gasteiger partial charge in [-0.1, -0.05) is 18.2 Å². The van der Waals surface area contributed by atoms with Crippen LogP contribution >= 0.6 is 0 Å². The lowest BCUT2D eigenvalue weighted by Gasteiger charge is -2.07. The van der Waals surface area contributed by atoms with Crippen molar-refractivity contribution in [1.29, 1.82) is 0 Å². The van der Waals surface area contributed by atoms with E-state index in [-0.39, 0.29) is 0 Å². The minimum Gasteiger partial charge on any atom is -0.493 e. The first-order valence-corrected chi connectivity index (χ1v) is 5.66. The Morgan fingerprint density at radius 1 is 1.29 bits per heavy atom. The standard InChI is InChI=1S/C13H17N3O/c1-10-13(17-2)12(8-9-14)16(15-10)11-6-4-3-5-7-11/h3-7H,8-9,14H2,1-2H3. The third-order valence-corrected chi connectivity index (χ3v) is 2.68. The van der Waals surface area contributed by atoms with Crippen LogP contribution in [-0.4, -0.2) is 23.4 Å². The predicted molar refractivity (Wildman–Crippen MR) is 67.6 cm³/mol. The quantitative estimate of drug-likeness (QED) is 0.871. The zero-order valence-electron chi connectivity index (χ0n) is 10.2. The van der Waals surface area contributed by atoms with E-state index in [1.807, 2.05) is 41.9 Å². The summed E-state index contributed by atoms with van der Waals surface area (Å²) in [6, 6.07) is 10.0. The highest BCUT2D eigenvalue weighted by Gasteiger charge is 2.15. The number of ether oxygens (including phenoxy) is 1.